The van der Waals surface area contributed by atoms with E-state index in [-0.39, 0.29) is 16.9 Å². The van der Waals surface area contributed by atoms with Crippen molar-refractivity contribution < 1.29 is 14.5 Å². The van der Waals surface area contributed by atoms with Gasteiger partial charge in [0, 0.05) is 63.0 Å². The van der Waals surface area contributed by atoms with Crippen molar-refractivity contribution in [2.75, 3.05) is 38.0 Å². The summed E-state index contributed by atoms with van der Waals surface area (Å²) in [4.78, 5) is 32.4. The number of anilines is 2. The van der Waals surface area contributed by atoms with Gasteiger partial charge in [0.05, 0.1) is 10.5 Å². The fourth-order valence-corrected chi connectivity index (χ4v) is 3.91. The van der Waals surface area contributed by atoms with Crippen LogP contribution in [0.5, 0.6) is 0 Å². The quantitative estimate of drug-likeness (QED) is 0.355. The van der Waals surface area contributed by atoms with Crippen LogP contribution in [0.15, 0.2) is 60.8 Å². The number of ether oxygens (including phenoxy) is 1. The normalized spacial score (nSPS) is 17.1. The van der Waals surface area contributed by atoms with Crippen molar-refractivity contribution in [2.45, 2.75) is 5.60 Å². The summed E-state index contributed by atoms with van der Waals surface area (Å²) in [6, 6.07) is 15.8. The standard InChI is InChI=1S/C23H22N4O4/c1-25(2)16-9-7-15(8-10-16)23(19-6-5-13-24-21(19)22(28)31-23)18-12-11-17(26(3)4)14-20(18)27(29)30/h5-14H,1-4H3. The number of benzene rings is 2. The zero-order valence-electron chi connectivity index (χ0n) is 17.7. The fraction of sp³-hybridized carbons (Fsp3) is 0.217. The molecule has 1 unspecified atom stereocenters. The minimum absolute atomic E-state index is 0.132. The Hall–Kier alpha value is -3.94. The molecule has 0 spiro atoms. The molecule has 2 heterocycles. The summed E-state index contributed by atoms with van der Waals surface area (Å²) in [5, 5.41) is 12.1. The van der Waals surface area contributed by atoms with E-state index >= 15 is 0 Å². The van der Waals surface area contributed by atoms with E-state index in [1.54, 1.807) is 29.2 Å². The molecule has 1 aromatic heterocycles. The molecule has 0 N–H and O–H groups in total. The number of aromatic nitrogens is 1. The number of esters is 1. The second kappa shape index (κ2) is 7.39. The lowest BCUT2D eigenvalue weighted by molar-refractivity contribution is -0.386. The second-order valence-corrected chi connectivity index (χ2v) is 7.76. The van der Waals surface area contributed by atoms with Gasteiger partial charge in [0.15, 0.2) is 11.3 Å². The van der Waals surface area contributed by atoms with Crippen LogP contribution in [-0.4, -0.2) is 44.1 Å². The summed E-state index contributed by atoms with van der Waals surface area (Å²) < 4.78 is 5.95. The predicted octanol–water partition coefficient (Wildman–Crippen LogP) is 3.58. The highest BCUT2D eigenvalue weighted by Crippen LogP contribution is 2.49. The average Bonchev–Trinajstić information content (AvgIpc) is 3.07. The highest BCUT2D eigenvalue weighted by atomic mass is 16.6. The number of fused-ring (bicyclic) bond motifs is 1. The van der Waals surface area contributed by atoms with E-state index in [2.05, 4.69) is 4.98 Å². The van der Waals surface area contributed by atoms with Gasteiger partial charge in [-0.2, -0.15) is 0 Å². The van der Waals surface area contributed by atoms with Gasteiger partial charge >= 0.3 is 5.97 Å². The van der Waals surface area contributed by atoms with Crippen molar-refractivity contribution in [3.63, 3.8) is 0 Å². The second-order valence-electron chi connectivity index (χ2n) is 7.76. The number of hydrogen-bond donors (Lipinski definition) is 0. The molecule has 2 aromatic carbocycles. The molecule has 0 amide bonds. The van der Waals surface area contributed by atoms with Crippen molar-refractivity contribution in [1.82, 2.24) is 4.98 Å². The maximum absolute atomic E-state index is 12.8. The number of cyclic esters (lactones) is 1. The molecule has 4 rings (SSSR count). The molecule has 0 radical (unpaired) electrons. The first-order chi connectivity index (χ1) is 14.8. The van der Waals surface area contributed by atoms with Crippen LogP contribution in [0.3, 0.4) is 0 Å². The van der Waals surface area contributed by atoms with Crippen LogP contribution in [0.25, 0.3) is 0 Å². The summed E-state index contributed by atoms with van der Waals surface area (Å²) in [6.07, 6.45) is 1.51. The van der Waals surface area contributed by atoms with Crippen molar-refractivity contribution in [1.29, 1.82) is 0 Å². The smallest absolute Gasteiger partial charge is 0.358 e. The Morgan fingerprint density at radius 2 is 1.58 bits per heavy atom. The van der Waals surface area contributed by atoms with Gasteiger partial charge in [0.25, 0.3) is 5.69 Å². The van der Waals surface area contributed by atoms with Crippen molar-refractivity contribution in [3.05, 3.63) is 93.3 Å². The molecule has 31 heavy (non-hydrogen) atoms. The lowest BCUT2D eigenvalue weighted by Gasteiger charge is -2.30. The summed E-state index contributed by atoms with van der Waals surface area (Å²) in [7, 11) is 7.46. The van der Waals surface area contributed by atoms with Crippen LogP contribution in [0.1, 0.15) is 27.2 Å². The van der Waals surface area contributed by atoms with Crippen LogP contribution in [0, 0.1) is 10.1 Å². The number of carbonyl (C=O) groups excluding carboxylic acids is 1. The molecule has 8 nitrogen and oxygen atoms in total. The first kappa shape index (κ1) is 20.3. The first-order valence-corrected chi connectivity index (χ1v) is 9.68. The molecule has 0 fully saturated rings. The lowest BCUT2D eigenvalue weighted by atomic mass is 9.80. The third kappa shape index (κ3) is 3.16. The molecule has 3 aromatic rings. The first-order valence-electron chi connectivity index (χ1n) is 9.68. The molecule has 158 valence electrons. The van der Waals surface area contributed by atoms with Gasteiger partial charge < -0.3 is 14.5 Å². The third-order valence-corrected chi connectivity index (χ3v) is 5.49. The number of nitro benzene ring substituents is 1. The highest BCUT2D eigenvalue weighted by molar-refractivity contribution is 5.94. The Morgan fingerprint density at radius 1 is 0.935 bits per heavy atom. The van der Waals surface area contributed by atoms with E-state index in [9.17, 15) is 14.9 Å². The van der Waals surface area contributed by atoms with Crippen LogP contribution in [-0.2, 0) is 10.3 Å². The average molecular weight is 418 g/mol. The lowest BCUT2D eigenvalue weighted by Crippen LogP contribution is -2.30. The zero-order chi connectivity index (χ0) is 22.3. The van der Waals surface area contributed by atoms with Gasteiger partial charge in [-0.15, -0.1) is 0 Å². The Kier molecular flexibility index (Phi) is 4.85. The zero-order valence-corrected chi connectivity index (χ0v) is 17.7. The van der Waals surface area contributed by atoms with Crippen LogP contribution >= 0.6 is 0 Å². The van der Waals surface area contributed by atoms with Crippen LogP contribution in [0.4, 0.5) is 17.1 Å². The molecule has 0 saturated heterocycles. The van der Waals surface area contributed by atoms with Crippen LogP contribution in [0.2, 0.25) is 0 Å². The van der Waals surface area contributed by atoms with E-state index < -0.39 is 16.5 Å². The summed E-state index contributed by atoms with van der Waals surface area (Å²) in [5.41, 5.74) is 1.55. The van der Waals surface area contributed by atoms with E-state index in [1.807, 2.05) is 57.4 Å². The maximum Gasteiger partial charge on any atom is 0.358 e. The van der Waals surface area contributed by atoms with Gasteiger partial charge in [-0.3, -0.25) is 10.1 Å². The van der Waals surface area contributed by atoms with Gasteiger partial charge in [-0.1, -0.05) is 18.2 Å². The molecule has 0 bridgehead atoms. The third-order valence-electron chi connectivity index (χ3n) is 5.49. The number of hydrogen-bond acceptors (Lipinski definition) is 7. The predicted molar refractivity (Wildman–Crippen MR) is 118 cm³/mol. The Labute approximate surface area is 179 Å². The van der Waals surface area contributed by atoms with Gasteiger partial charge in [0.1, 0.15) is 0 Å². The minimum Gasteiger partial charge on any atom is -0.439 e. The molecule has 0 aliphatic carbocycles. The highest BCUT2D eigenvalue weighted by Gasteiger charge is 2.52. The number of pyridine rings is 1. The largest absolute Gasteiger partial charge is 0.439 e. The summed E-state index contributed by atoms with van der Waals surface area (Å²) in [6.45, 7) is 0. The number of nitrogens with zero attached hydrogens (tertiary/aromatic N) is 4. The SMILES string of the molecule is CN(C)c1ccc(C2(c3ccc(N(C)C)cc3[N+](=O)[O-])OC(=O)c3ncccc32)cc1. The maximum atomic E-state index is 12.8. The summed E-state index contributed by atoms with van der Waals surface area (Å²) >= 11 is 0. The Bertz CT molecular complexity index is 1170. The van der Waals surface area contributed by atoms with Gasteiger partial charge in [0.2, 0.25) is 0 Å². The monoisotopic (exact) mass is 418 g/mol. The fourth-order valence-electron chi connectivity index (χ4n) is 3.91. The Morgan fingerprint density at radius 3 is 2.19 bits per heavy atom. The topological polar surface area (TPSA) is 88.8 Å². The number of carbonyl (C=O) groups is 1. The van der Waals surface area contributed by atoms with E-state index in [0.717, 1.165) is 5.69 Å². The van der Waals surface area contributed by atoms with E-state index in [1.165, 1.54) is 12.3 Å². The van der Waals surface area contributed by atoms with E-state index in [4.69, 9.17) is 4.74 Å². The molecule has 1 aliphatic heterocycles. The van der Waals surface area contributed by atoms with Crippen LogP contribution < -0.4 is 9.80 Å². The number of nitro groups is 1. The van der Waals surface area contributed by atoms with Gasteiger partial charge in [-0.05, 0) is 30.3 Å². The van der Waals surface area contributed by atoms with E-state index in [0.29, 0.717) is 16.8 Å². The van der Waals surface area contributed by atoms with Gasteiger partial charge in [-0.25, -0.2) is 9.78 Å². The molecular weight excluding hydrogens is 396 g/mol. The summed E-state index contributed by atoms with van der Waals surface area (Å²) in [5.74, 6) is -0.613. The van der Waals surface area contributed by atoms with Crippen molar-refractivity contribution in [3.8, 4) is 0 Å². The van der Waals surface area contributed by atoms with Crippen molar-refractivity contribution in [2.24, 2.45) is 0 Å². The number of rotatable bonds is 5. The molecule has 1 atom stereocenters. The molecule has 1 aliphatic rings. The van der Waals surface area contributed by atoms with Crippen molar-refractivity contribution >= 4 is 23.0 Å². The minimum atomic E-state index is -1.47. The molecule has 8 heteroatoms. The Balaban J connectivity index is 2.05. The molecular formula is C23H22N4O4. The molecule has 0 saturated carbocycles.